The summed E-state index contributed by atoms with van der Waals surface area (Å²) in [6, 6.07) is 1.53. The Hall–Kier alpha value is -1.82. The van der Waals surface area contributed by atoms with E-state index >= 15 is 0 Å². The molecule has 0 radical (unpaired) electrons. The van der Waals surface area contributed by atoms with Crippen LogP contribution in [0.25, 0.3) is 0 Å². The van der Waals surface area contributed by atoms with Gasteiger partial charge in [0.15, 0.2) is 0 Å². The lowest BCUT2D eigenvalue weighted by Gasteiger charge is -2.22. The second kappa shape index (κ2) is 6.30. The van der Waals surface area contributed by atoms with Crippen LogP contribution in [0.4, 0.5) is 0 Å². The maximum absolute atomic E-state index is 12.5. The standard InChI is InChI=1S/C14H20ClN5O/c1-5-19-12(6-7-16-19)8-18(4)14(21)11(3)20-9-13(15)10(2)17-20/h6-7,9,11H,5,8H2,1-4H3. The zero-order valence-corrected chi connectivity index (χ0v) is 13.5. The van der Waals surface area contributed by atoms with Crippen LogP contribution in [0.5, 0.6) is 0 Å². The van der Waals surface area contributed by atoms with Crippen molar-refractivity contribution in [3.63, 3.8) is 0 Å². The van der Waals surface area contributed by atoms with Crippen molar-refractivity contribution in [3.8, 4) is 0 Å². The summed E-state index contributed by atoms with van der Waals surface area (Å²) in [4.78, 5) is 14.2. The Morgan fingerprint density at radius 3 is 2.81 bits per heavy atom. The number of nitrogens with zero attached hydrogens (tertiary/aromatic N) is 5. The number of carbonyl (C=O) groups is 1. The number of likely N-dealkylation sites (N-methyl/N-ethyl adjacent to an activating group) is 1. The second-order valence-electron chi connectivity index (χ2n) is 5.05. The highest BCUT2D eigenvalue weighted by atomic mass is 35.5. The quantitative estimate of drug-likeness (QED) is 0.851. The lowest BCUT2D eigenvalue weighted by atomic mass is 10.3. The molecule has 0 saturated carbocycles. The van der Waals surface area contributed by atoms with Crippen LogP contribution in [-0.2, 0) is 17.9 Å². The van der Waals surface area contributed by atoms with E-state index in [0.717, 1.165) is 17.9 Å². The molecule has 0 aliphatic carbocycles. The van der Waals surface area contributed by atoms with Gasteiger partial charge in [0.05, 0.1) is 23.0 Å². The molecule has 0 aliphatic heterocycles. The highest BCUT2D eigenvalue weighted by Crippen LogP contribution is 2.17. The van der Waals surface area contributed by atoms with Crippen molar-refractivity contribution in [3.05, 3.63) is 34.9 Å². The lowest BCUT2D eigenvalue weighted by Crippen LogP contribution is -2.33. The van der Waals surface area contributed by atoms with Crippen LogP contribution < -0.4 is 0 Å². The Morgan fingerprint density at radius 2 is 2.24 bits per heavy atom. The molecular formula is C14H20ClN5O. The van der Waals surface area contributed by atoms with E-state index in [9.17, 15) is 4.79 Å². The Labute approximate surface area is 129 Å². The number of aromatic nitrogens is 4. The largest absolute Gasteiger partial charge is 0.338 e. The summed E-state index contributed by atoms with van der Waals surface area (Å²) in [7, 11) is 1.78. The smallest absolute Gasteiger partial charge is 0.247 e. The number of hydrogen-bond donors (Lipinski definition) is 0. The molecular weight excluding hydrogens is 290 g/mol. The van der Waals surface area contributed by atoms with Crippen LogP contribution in [0.15, 0.2) is 18.5 Å². The van der Waals surface area contributed by atoms with Crippen molar-refractivity contribution in [2.45, 2.75) is 39.9 Å². The zero-order chi connectivity index (χ0) is 15.6. The second-order valence-corrected chi connectivity index (χ2v) is 5.46. The van der Waals surface area contributed by atoms with Crippen molar-refractivity contribution in [2.75, 3.05) is 7.05 Å². The van der Waals surface area contributed by atoms with Crippen molar-refractivity contribution < 1.29 is 4.79 Å². The number of amides is 1. The third kappa shape index (κ3) is 3.26. The van der Waals surface area contributed by atoms with Crippen LogP contribution in [0, 0.1) is 6.92 Å². The molecule has 7 heteroatoms. The van der Waals surface area contributed by atoms with Crippen LogP contribution in [-0.4, -0.2) is 37.4 Å². The van der Waals surface area contributed by atoms with Gasteiger partial charge in [-0.05, 0) is 26.8 Å². The van der Waals surface area contributed by atoms with Crippen molar-refractivity contribution >= 4 is 17.5 Å². The fourth-order valence-electron chi connectivity index (χ4n) is 2.19. The molecule has 0 aromatic carbocycles. The minimum absolute atomic E-state index is 0.0157. The van der Waals surface area contributed by atoms with Crippen molar-refractivity contribution in [2.24, 2.45) is 0 Å². The molecule has 21 heavy (non-hydrogen) atoms. The summed E-state index contributed by atoms with van der Waals surface area (Å²) in [5.74, 6) is -0.0157. The average molecular weight is 310 g/mol. The van der Waals surface area contributed by atoms with Gasteiger partial charge in [-0.15, -0.1) is 0 Å². The van der Waals surface area contributed by atoms with Gasteiger partial charge in [0.2, 0.25) is 5.91 Å². The van der Waals surface area contributed by atoms with E-state index in [1.165, 1.54) is 0 Å². The number of halogens is 1. The maximum atomic E-state index is 12.5. The summed E-state index contributed by atoms with van der Waals surface area (Å²) in [5.41, 5.74) is 1.73. The number of hydrogen-bond acceptors (Lipinski definition) is 3. The molecule has 114 valence electrons. The first kappa shape index (κ1) is 15.6. The molecule has 0 N–H and O–H groups in total. The molecule has 0 aliphatic rings. The SMILES string of the molecule is CCn1nccc1CN(C)C(=O)C(C)n1cc(Cl)c(C)n1. The Morgan fingerprint density at radius 1 is 1.52 bits per heavy atom. The zero-order valence-electron chi connectivity index (χ0n) is 12.7. The van der Waals surface area contributed by atoms with Gasteiger partial charge in [-0.25, -0.2) is 0 Å². The summed E-state index contributed by atoms with van der Waals surface area (Å²) in [6.07, 6.45) is 3.43. The molecule has 1 amide bonds. The molecule has 2 rings (SSSR count). The maximum Gasteiger partial charge on any atom is 0.247 e. The molecule has 0 spiro atoms. The molecule has 0 bridgehead atoms. The third-order valence-electron chi connectivity index (χ3n) is 3.49. The van der Waals surface area contributed by atoms with Gasteiger partial charge in [0.25, 0.3) is 0 Å². The Kier molecular flexibility index (Phi) is 4.67. The topological polar surface area (TPSA) is 56.0 Å². The van der Waals surface area contributed by atoms with Crippen LogP contribution in [0.3, 0.4) is 0 Å². The summed E-state index contributed by atoms with van der Waals surface area (Å²) >= 11 is 5.99. The molecule has 0 fully saturated rings. The molecule has 6 nitrogen and oxygen atoms in total. The molecule has 0 saturated heterocycles. The number of carbonyl (C=O) groups excluding carboxylic acids is 1. The summed E-state index contributed by atoms with van der Waals surface area (Å²) in [6.45, 7) is 6.96. The highest BCUT2D eigenvalue weighted by Gasteiger charge is 2.21. The average Bonchev–Trinajstić information content (AvgIpc) is 3.04. The first-order valence-corrected chi connectivity index (χ1v) is 7.28. The van der Waals surface area contributed by atoms with Crippen molar-refractivity contribution in [1.29, 1.82) is 0 Å². The predicted molar refractivity (Wildman–Crippen MR) is 81.1 cm³/mol. The lowest BCUT2D eigenvalue weighted by molar-refractivity contribution is -0.133. The van der Waals surface area contributed by atoms with E-state index in [4.69, 9.17) is 11.6 Å². The normalized spacial score (nSPS) is 12.4. The van der Waals surface area contributed by atoms with Crippen LogP contribution in [0.2, 0.25) is 5.02 Å². The van der Waals surface area contributed by atoms with Crippen molar-refractivity contribution in [1.82, 2.24) is 24.5 Å². The summed E-state index contributed by atoms with van der Waals surface area (Å²) < 4.78 is 3.48. The van der Waals surface area contributed by atoms with E-state index < -0.39 is 0 Å². The molecule has 1 unspecified atom stereocenters. The van der Waals surface area contributed by atoms with Crippen LogP contribution in [0.1, 0.15) is 31.3 Å². The molecule has 2 heterocycles. The van der Waals surface area contributed by atoms with Gasteiger partial charge < -0.3 is 4.90 Å². The molecule has 2 aromatic rings. The Bertz CT molecular complexity index is 614. The van der Waals surface area contributed by atoms with E-state index in [-0.39, 0.29) is 11.9 Å². The Balaban J connectivity index is 2.08. The van der Waals surface area contributed by atoms with E-state index in [2.05, 4.69) is 10.2 Å². The van der Waals surface area contributed by atoms with E-state index in [1.807, 2.05) is 31.5 Å². The minimum atomic E-state index is -0.390. The third-order valence-corrected chi connectivity index (χ3v) is 3.86. The fourth-order valence-corrected chi connectivity index (χ4v) is 2.33. The minimum Gasteiger partial charge on any atom is -0.338 e. The number of aryl methyl sites for hydroxylation is 2. The predicted octanol–water partition coefficient (Wildman–Crippen LogP) is 2.28. The van der Waals surface area contributed by atoms with Gasteiger partial charge in [-0.1, -0.05) is 11.6 Å². The first-order valence-electron chi connectivity index (χ1n) is 6.91. The van der Waals surface area contributed by atoms with Gasteiger partial charge in [0.1, 0.15) is 6.04 Å². The molecule has 1 atom stereocenters. The van der Waals surface area contributed by atoms with Gasteiger partial charge in [-0.2, -0.15) is 10.2 Å². The number of rotatable bonds is 5. The summed E-state index contributed by atoms with van der Waals surface area (Å²) in [5, 5.41) is 9.04. The van der Waals surface area contributed by atoms with Gasteiger partial charge in [-0.3, -0.25) is 14.2 Å². The fraction of sp³-hybridized carbons (Fsp3) is 0.500. The monoisotopic (exact) mass is 309 g/mol. The van der Waals surface area contributed by atoms with Gasteiger partial charge in [0, 0.05) is 26.0 Å². The molecule has 2 aromatic heterocycles. The van der Waals surface area contributed by atoms with Gasteiger partial charge >= 0.3 is 0 Å². The highest BCUT2D eigenvalue weighted by molar-refractivity contribution is 6.31. The van der Waals surface area contributed by atoms with Crippen LogP contribution >= 0.6 is 11.6 Å². The van der Waals surface area contributed by atoms with E-state index in [0.29, 0.717) is 11.6 Å². The van der Waals surface area contributed by atoms with E-state index in [1.54, 1.807) is 29.0 Å². The first-order chi connectivity index (χ1) is 9.93.